The Balaban J connectivity index is 2.54. The van der Waals surface area contributed by atoms with E-state index in [4.69, 9.17) is 0 Å². The van der Waals surface area contributed by atoms with E-state index >= 15 is 0 Å². The third kappa shape index (κ3) is 2.16. The molecule has 0 unspecified atom stereocenters. The lowest BCUT2D eigenvalue weighted by Crippen LogP contribution is -1.87. The van der Waals surface area contributed by atoms with Crippen LogP contribution >= 0.6 is 0 Å². The molecule has 0 nitrogen and oxygen atoms in total. The third-order valence-electron chi connectivity index (χ3n) is 2.97. The molecular weight excluding hydrogens is 192 g/mol. The topological polar surface area (TPSA) is 0 Å². The molecule has 0 bridgehead atoms. The summed E-state index contributed by atoms with van der Waals surface area (Å²) in [5.74, 6) is 0. The van der Waals surface area contributed by atoms with E-state index in [1.54, 1.807) is 0 Å². The first kappa shape index (κ1) is 10.9. The summed E-state index contributed by atoms with van der Waals surface area (Å²) in [6.45, 7) is 6.45. The Bertz CT molecular complexity index is 495. The molecule has 2 aromatic carbocycles. The molecule has 0 heteroatoms. The predicted octanol–water partition coefficient (Wildman–Crippen LogP) is 4.33. The van der Waals surface area contributed by atoms with E-state index in [1.165, 1.54) is 27.8 Å². The normalized spacial score (nSPS) is 10.4. The van der Waals surface area contributed by atoms with Crippen molar-refractivity contribution >= 4 is 0 Å². The fraction of sp³-hybridized carbons (Fsp3) is 0.250. The van der Waals surface area contributed by atoms with Gasteiger partial charge in [-0.3, -0.25) is 0 Å². The van der Waals surface area contributed by atoms with Gasteiger partial charge in [0.2, 0.25) is 0 Å². The van der Waals surface area contributed by atoms with Gasteiger partial charge in [-0.25, -0.2) is 0 Å². The lowest BCUT2D eigenvalue weighted by molar-refractivity contribution is 1.14. The van der Waals surface area contributed by atoms with Crippen LogP contribution in [0.5, 0.6) is 0 Å². The predicted molar refractivity (Wildman–Crippen MR) is 69.6 cm³/mol. The molecule has 0 aliphatic rings. The maximum absolute atomic E-state index is 3.19. The molecule has 0 saturated heterocycles. The summed E-state index contributed by atoms with van der Waals surface area (Å²) in [7, 11) is 0. The van der Waals surface area contributed by atoms with Crippen molar-refractivity contribution in [2.45, 2.75) is 27.2 Å². The Morgan fingerprint density at radius 1 is 1.06 bits per heavy atom. The molecule has 1 radical (unpaired) electrons. The summed E-state index contributed by atoms with van der Waals surface area (Å²) < 4.78 is 0. The second-order valence-electron chi connectivity index (χ2n) is 4.26. The van der Waals surface area contributed by atoms with Gasteiger partial charge in [0.1, 0.15) is 0 Å². The van der Waals surface area contributed by atoms with Crippen molar-refractivity contribution in [2.24, 2.45) is 0 Å². The summed E-state index contributed by atoms with van der Waals surface area (Å²) in [5, 5.41) is 0. The lowest BCUT2D eigenvalue weighted by atomic mass is 9.96. The molecular formula is C16H17. The summed E-state index contributed by atoms with van der Waals surface area (Å²) in [6.07, 6.45) is 1.09. The highest BCUT2D eigenvalue weighted by molar-refractivity contribution is 5.68. The first-order valence-corrected chi connectivity index (χ1v) is 5.79. The van der Waals surface area contributed by atoms with Crippen molar-refractivity contribution in [1.29, 1.82) is 0 Å². The van der Waals surface area contributed by atoms with Gasteiger partial charge in [-0.1, -0.05) is 43.3 Å². The SMILES string of the molecule is CCc1ccc(C)c(-c2cc[c]c(C)c2)c1. The Kier molecular flexibility index (Phi) is 3.09. The largest absolute Gasteiger partial charge is 0.0613 e. The smallest absolute Gasteiger partial charge is 0.0152 e. The Morgan fingerprint density at radius 3 is 2.56 bits per heavy atom. The molecule has 0 aromatic heterocycles. The molecule has 81 valence electrons. The summed E-state index contributed by atoms with van der Waals surface area (Å²) in [6, 6.07) is 16.2. The number of benzene rings is 2. The van der Waals surface area contributed by atoms with E-state index in [9.17, 15) is 0 Å². The van der Waals surface area contributed by atoms with Crippen LogP contribution in [0.2, 0.25) is 0 Å². The monoisotopic (exact) mass is 209 g/mol. The molecule has 0 fully saturated rings. The van der Waals surface area contributed by atoms with Gasteiger partial charge in [-0.2, -0.15) is 0 Å². The minimum Gasteiger partial charge on any atom is -0.0613 e. The summed E-state index contributed by atoms with van der Waals surface area (Å²) >= 11 is 0. The Labute approximate surface area is 97.9 Å². The van der Waals surface area contributed by atoms with Crippen molar-refractivity contribution in [1.82, 2.24) is 0 Å². The molecule has 2 rings (SSSR count). The van der Waals surface area contributed by atoms with Gasteiger partial charge in [0.25, 0.3) is 0 Å². The minimum atomic E-state index is 1.09. The van der Waals surface area contributed by atoms with E-state index < -0.39 is 0 Å². The highest BCUT2D eigenvalue weighted by Gasteiger charge is 2.02. The molecule has 0 saturated carbocycles. The zero-order valence-corrected chi connectivity index (χ0v) is 10.2. The van der Waals surface area contributed by atoms with Gasteiger partial charge in [0.05, 0.1) is 0 Å². The zero-order chi connectivity index (χ0) is 11.5. The van der Waals surface area contributed by atoms with E-state index in [0.717, 1.165) is 6.42 Å². The molecule has 16 heavy (non-hydrogen) atoms. The van der Waals surface area contributed by atoms with E-state index in [2.05, 4.69) is 57.2 Å². The van der Waals surface area contributed by atoms with Crippen molar-refractivity contribution < 1.29 is 0 Å². The second kappa shape index (κ2) is 4.52. The summed E-state index contributed by atoms with van der Waals surface area (Å²) in [4.78, 5) is 0. The molecule has 0 aliphatic heterocycles. The standard InChI is InChI=1S/C16H17/c1-4-14-9-8-13(3)16(11-14)15-7-5-6-12(2)10-15/h5,7-11H,4H2,1-3H3. The van der Waals surface area contributed by atoms with Crippen molar-refractivity contribution in [2.75, 3.05) is 0 Å². The second-order valence-corrected chi connectivity index (χ2v) is 4.26. The van der Waals surface area contributed by atoms with Crippen LogP contribution in [0.25, 0.3) is 11.1 Å². The van der Waals surface area contributed by atoms with Gasteiger partial charge in [-0.15, -0.1) is 0 Å². The molecule has 0 spiro atoms. The Morgan fingerprint density at radius 2 is 1.88 bits per heavy atom. The van der Waals surface area contributed by atoms with Crippen LogP contribution in [0.15, 0.2) is 36.4 Å². The van der Waals surface area contributed by atoms with Crippen LogP contribution in [-0.2, 0) is 6.42 Å². The van der Waals surface area contributed by atoms with Crippen molar-refractivity contribution in [3.63, 3.8) is 0 Å². The quantitative estimate of drug-likeness (QED) is 0.690. The highest BCUT2D eigenvalue weighted by Crippen LogP contribution is 2.25. The van der Waals surface area contributed by atoms with Crippen LogP contribution in [0.4, 0.5) is 0 Å². The fourth-order valence-corrected chi connectivity index (χ4v) is 1.95. The maximum atomic E-state index is 3.19. The average molecular weight is 209 g/mol. The average Bonchev–Trinajstić information content (AvgIpc) is 2.30. The third-order valence-corrected chi connectivity index (χ3v) is 2.97. The molecule has 0 atom stereocenters. The van der Waals surface area contributed by atoms with Crippen LogP contribution in [0.1, 0.15) is 23.6 Å². The van der Waals surface area contributed by atoms with Gasteiger partial charge in [-0.05, 0) is 54.2 Å². The molecule has 0 heterocycles. The first-order valence-electron chi connectivity index (χ1n) is 5.79. The fourth-order valence-electron chi connectivity index (χ4n) is 1.95. The molecule has 0 amide bonds. The minimum absolute atomic E-state index is 1.09. The number of hydrogen-bond acceptors (Lipinski definition) is 0. The first-order chi connectivity index (χ1) is 7.70. The molecule has 2 aromatic rings. The van der Waals surface area contributed by atoms with Gasteiger partial charge in [0, 0.05) is 0 Å². The molecule has 0 aliphatic carbocycles. The van der Waals surface area contributed by atoms with E-state index in [0.29, 0.717) is 0 Å². The van der Waals surface area contributed by atoms with Crippen LogP contribution in [0, 0.1) is 19.9 Å². The van der Waals surface area contributed by atoms with Gasteiger partial charge in [0.15, 0.2) is 0 Å². The highest BCUT2D eigenvalue weighted by atomic mass is 14.1. The van der Waals surface area contributed by atoms with Gasteiger partial charge >= 0.3 is 0 Å². The Hall–Kier alpha value is -1.56. The van der Waals surface area contributed by atoms with Crippen molar-refractivity contribution in [3.05, 3.63) is 59.2 Å². The van der Waals surface area contributed by atoms with Crippen molar-refractivity contribution in [3.8, 4) is 11.1 Å². The lowest BCUT2D eigenvalue weighted by Gasteiger charge is -2.09. The van der Waals surface area contributed by atoms with E-state index in [1.807, 2.05) is 6.07 Å². The van der Waals surface area contributed by atoms with Crippen LogP contribution in [-0.4, -0.2) is 0 Å². The number of aryl methyl sites for hydroxylation is 3. The zero-order valence-electron chi connectivity index (χ0n) is 10.2. The van der Waals surface area contributed by atoms with Crippen LogP contribution in [0.3, 0.4) is 0 Å². The maximum Gasteiger partial charge on any atom is -0.0152 e. The van der Waals surface area contributed by atoms with Crippen LogP contribution < -0.4 is 0 Å². The summed E-state index contributed by atoms with van der Waals surface area (Å²) in [5.41, 5.74) is 6.56. The molecule has 0 N–H and O–H groups in total. The number of hydrogen-bond donors (Lipinski definition) is 0. The van der Waals surface area contributed by atoms with Gasteiger partial charge < -0.3 is 0 Å². The van der Waals surface area contributed by atoms with E-state index in [-0.39, 0.29) is 0 Å². The number of rotatable bonds is 2.